The normalized spacial score (nSPS) is 21.1. The Balaban J connectivity index is 2.09. The maximum Gasteiger partial charge on any atom is 0.410 e. The van der Waals surface area contributed by atoms with Crippen molar-refractivity contribution < 1.29 is 19.4 Å². The standard InChI is InChI=1S/C18H23Cl2NO4/c1-18(2,3)25-17(24)21-7-6-11(14(10-21)16(22)23)8-12-4-5-13(19)9-15(12)20/h4-5,9,11,14H,6-8,10H2,1-3H3,(H,22,23)/t11-,14+/m0/s1. The highest BCUT2D eigenvalue weighted by atomic mass is 35.5. The number of amides is 1. The first-order valence-electron chi connectivity index (χ1n) is 8.21. The lowest BCUT2D eigenvalue weighted by molar-refractivity contribution is -0.145. The molecule has 5 nitrogen and oxygen atoms in total. The van der Waals surface area contributed by atoms with Crippen LogP contribution in [-0.2, 0) is 16.0 Å². The number of hydrogen-bond acceptors (Lipinski definition) is 3. The first kappa shape index (κ1) is 19.9. The molecule has 2 rings (SSSR count). The second kappa shape index (κ2) is 7.83. The van der Waals surface area contributed by atoms with Crippen molar-refractivity contribution in [3.63, 3.8) is 0 Å². The van der Waals surface area contributed by atoms with Crippen LogP contribution in [0.2, 0.25) is 10.0 Å². The van der Waals surface area contributed by atoms with Crippen LogP contribution >= 0.6 is 23.2 Å². The summed E-state index contributed by atoms with van der Waals surface area (Å²) in [6.45, 7) is 5.97. The van der Waals surface area contributed by atoms with Crippen molar-refractivity contribution >= 4 is 35.3 Å². The number of carboxylic acids is 1. The Morgan fingerprint density at radius 2 is 2.00 bits per heavy atom. The molecule has 2 atom stereocenters. The third kappa shape index (κ3) is 5.51. The van der Waals surface area contributed by atoms with E-state index < -0.39 is 23.6 Å². The van der Waals surface area contributed by atoms with Crippen molar-refractivity contribution in [2.24, 2.45) is 11.8 Å². The van der Waals surface area contributed by atoms with Crippen LogP contribution in [0.5, 0.6) is 0 Å². The van der Waals surface area contributed by atoms with Crippen molar-refractivity contribution in [3.8, 4) is 0 Å². The molecule has 7 heteroatoms. The highest BCUT2D eigenvalue weighted by molar-refractivity contribution is 6.35. The predicted molar refractivity (Wildman–Crippen MR) is 97.2 cm³/mol. The number of hydrogen-bond donors (Lipinski definition) is 1. The van der Waals surface area contributed by atoms with Crippen LogP contribution in [0, 0.1) is 11.8 Å². The quantitative estimate of drug-likeness (QED) is 0.828. The number of aliphatic carboxylic acids is 1. The second-order valence-electron chi connectivity index (χ2n) is 7.36. The lowest BCUT2D eigenvalue weighted by atomic mass is 9.81. The molecule has 138 valence electrons. The number of rotatable bonds is 3. The number of likely N-dealkylation sites (tertiary alicyclic amines) is 1. The van der Waals surface area contributed by atoms with Gasteiger partial charge in [0.1, 0.15) is 5.60 Å². The van der Waals surface area contributed by atoms with Gasteiger partial charge in [-0.1, -0.05) is 29.3 Å². The van der Waals surface area contributed by atoms with Crippen molar-refractivity contribution in [1.82, 2.24) is 4.90 Å². The number of carbonyl (C=O) groups is 2. The van der Waals surface area contributed by atoms with Crippen LogP contribution in [0.3, 0.4) is 0 Å². The third-order valence-corrected chi connectivity index (χ3v) is 4.81. The number of nitrogens with zero attached hydrogens (tertiary/aromatic N) is 1. The summed E-state index contributed by atoms with van der Waals surface area (Å²) in [5.74, 6) is -1.67. The molecule has 1 aromatic rings. The molecule has 25 heavy (non-hydrogen) atoms. The van der Waals surface area contributed by atoms with E-state index in [2.05, 4.69) is 0 Å². The largest absolute Gasteiger partial charge is 0.481 e. The number of ether oxygens (including phenoxy) is 1. The van der Waals surface area contributed by atoms with E-state index in [-0.39, 0.29) is 12.5 Å². The van der Waals surface area contributed by atoms with Gasteiger partial charge in [0.05, 0.1) is 5.92 Å². The van der Waals surface area contributed by atoms with E-state index in [0.717, 1.165) is 5.56 Å². The molecule has 1 amide bonds. The molecule has 0 spiro atoms. The summed E-state index contributed by atoms with van der Waals surface area (Å²) in [5, 5.41) is 10.7. The molecule has 1 aliphatic rings. The Morgan fingerprint density at radius 3 is 2.56 bits per heavy atom. The molecule has 0 bridgehead atoms. The Labute approximate surface area is 157 Å². The predicted octanol–water partition coefficient (Wildman–Crippen LogP) is 4.49. The van der Waals surface area contributed by atoms with Gasteiger partial charge in [-0.2, -0.15) is 0 Å². The third-order valence-electron chi connectivity index (χ3n) is 4.22. The van der Waals surface area contributed by atoms with Crippen LogP contribution in [0.1, 0.15) is 32.8 Å². The number of carboxylic acid groups (broad SMARTS) is 1. The van der Waals surface area contributed by atoms with Crippen molar-refractivity contribution in [1.29, 1.82) is 0 Å². The minimum atomic E-state index is -0.914. The summed E-state index contributed by atoms with van der Waals surface area (Å²) in [7, 11) is 0. The highest BCUT2D eigenvalue weighted by Crippen LogP contribution is 2.31. The first-order valence-corrected chi connectivity index (χ1v) is 8.97. The zero-order valence-corrected chi connectivity index (χ0v) is 16.1. The van der Waals surface area contributed by atoms with Gasteiger partial charge < -0.3 is 14.7 Å². The average molecular weight is 388 g/mol. The van der Waals surface area contributed by atoms with Crippen LogP contribution in [-0.4, -0.2) is 40.8 Å². The molecule has 1 fully saturated rings. The molecule has 0 aromatic heterocycles. The number of carbonyl (C=O) groups excluding carboxylic acids is 1. The van der Waals surface area contributed by atoms with Gasteiger partial charge >= 0.3 is 12.1 Å². The zero-order valence-electron chi connectivity index (χ0n) is 14.6. The van der Waals surface area contributed by atoms with Crippen LogP contribution in [0.4, 0.5) is 4.79 Å². The van der Waals surface area contributed by atoms with Crippen LogP contribution < -0.4 is 0 Å². The molecular weight excluding hydrogens is 365 g/mol. The molecule has 0 unspecified atom stereocenters. The molecule has 1 aliphatic heterocycles. The van der Waals surface area contributed by atoms with Gasteiger partial charge in [0.2, 0.25) is 0 Å². The Bertz CT molecular complexity index is 657. The van der Waals surface area contributed by atoms with E-state index in [9.17, 15) is 14.7 Å². The topological polar surface area (TPSA) is 66.8 Å². The van der Waals surface area contributed by atoms with E-state index in [1.165, 1.54) is 4.90 Å². The Morgan fingerprint density at radius 1 is 1.32 bits per heavy atom. The smallest absolute Gasteiger partial charge is 0.410 e. The fourth-order valence-corrected chi connectivity index (χ4v) is 3.47. The Kier molecular flexibility index (Phi) is 6.22. The molecule has 1 heterocycles. The maximum atomic E-state index is 12.2. The summed E-state index contributed by atoms with van der Waals surface area (Å²) in [6.07, 6.45) is 0.645. The van der Waals surface area contributed by atoms with Gasteiger partial charge in [-0.25, -0.2) is 4.79 Å². The fourth-order valence-electron chi connectivity index (χ4n) is 2.99. The summed E-state index contributed by atoms with van der Waals surface area (Å²) < 4.78 is 5.35. The zero-order chi connectivity index (χ0) is 18.8. The van der Waals surface area contributed by atoms with Gasteiger partial charge in [0.25, 0.3) is 0 Å². The van der Waals surface area contributed by atoms with E-state index >= 15 is 0 Å². The van der Waals surface area contributed by atoms with E-state index in [1.807, 2.05) is 6.07 Å². The lowest BCUT2D eigenvalue weighted by Gasteiger charge is -2.37. The van der Waals surface area contributed by atoms with E-state index in [4.69, 9.17) is 27.9 Å². The fraction of sp³-hybridized carbons (Fsp3) is 0.556. The monoisotopic (exact) mass is 387 g/mol. The Hall–Kier alpha value is -1.46. The summed E-state index contributed by atoms with van der Waals surface area (Å²) in [6, 6.07) is 5.22. The number of benzene rings is 1. The second-order valence-corrected chi connectivity index (χ2v) is 8.20. The van der Waals surface area contributed by atoms with Crippen LogP contribution in [0.15, 0.2) is 18.2 Å². The number of piperidine rings is 1. The van der Waals surface area contributed by atoms with E-state index in [1.54, 1.807) is 32.9 Å². The van der Waals surface area contributed by atoms with E-state index in [0.29, 0.717) is 29.4 Å². The molecule has 1 aromatic carbocycles. The van der Waals surface area contributed by atoms with Gasteiger partial charge in [-0.05, 0) is 57.2 Å². The minimum absolute atomic E-state index is 0.102. The summed E-state index contributed by atoms with van der Waals surface area (Å²) >= 11 is 12.1. The lowest BCUT2D eigenvalue weighted by Crippen LogP contribution is -2.48. The highest BCUT2D eigenvalue weighted by Gasteiger charge is 2.37. The summed E-state index contributed by atoms with van der Waals surface area (Å²) in [5.41, 5.74) is 0.261. The van der Waals surface area contributed by atoms with Crippen molar-refractivity contribution in [2.75, 3.05) is 13.1 Å². The molecular formula is C18H23Cl2NO4. The summed E-state index contributed by atoms with van der Waals surface area (Å²) in [4.78, 5) is 25.4. The van der Waals surface area contributed by atoms with Crippen molar-refractivity contribution in [3.05, 3.63) is 33.8 Å². The van der Waals surface area contributed by atoms with Gasteiger partial charge in [0.15, 0.2) is 0 Å². The average Bonchev–Trinajstić information content (AvgIpc) is 2.48. The minimum Gasteiger partial charge on any atom is -0.481 e. The molecule has 1 N–H and O–H groups in total. The molecule has 0 saturated carbocycles. The molecule has 0 aliphatic carbocycles. The SMILES string of the molecule is CC(C)(C)OC(=O)N1CC[C@@H](Cc2ccc(Cl)cc2Cl)[C@H](C(=O)O)C1. The van der Waals surface area contributed by atoms with Crippen LogP contribution in [0.25, 0.3) is 0 Å². The molecule has 1 saturated heterocycles. The molecule has 0 radical (unpaired) electrons. The van der Waals surface area contributed by atoms with Gasteiger partial charge in [0, 0.05) is 23.1 Å². The first-order chi connectivity index (χ1) is 11.6. The van der Waals surface area contributed by atoms with Gasteiger partial charge in [-0.15, -0.1) is 0 Å². The maximum absolute atomic E-state index is 12.2. The van der Waals surface area contributed by atoms with Gasteiger partial charge in [-0.3, -0.25) is 4.79 Å². The number of halogens is 2. The van der Waals surface area contributed by atoms with Crippen molar-refractivity contribution in [2.45, 2.75) is 39.2 Å².